The molecule has 2 heterocycles. The van der Waals surface area contributed by atoms with Crippen molar-refractivity contribution in [2.45, 2.75) is 31.2 Å². The van der Waals surface area contributed by atoms with Crippen LogP contribution in [0.2, 0.25) is 0 Å². The van der Waals surface area contributed by atoms with Gasteiger partial charge in [0, 0.05) is 19.1 Å². The third-order valence-corrected chi connectivity index (χ3v) is 3.73. The average molecular weight is 329 g/mol. The molecule has 1 saturated heterocycles. The molecule has 0 aromatic carbocycles. The molecule has 11 nitrogen and oxygen atoms in total. The number of β-amino-alcohol motifs (C(OH)–C–C–N with tert-alkyl or cyclic N) is 1. The summed E-state index contributed by atoms with van der Waals surface area (Å²) in [6.07, 6.45) is 0.258. The second-order valence-electron chi connectivity index (χ2n) is 5.39. The number of imidazole rings is 1. The highest BCUT2D eigenvalue weighted by Crippen LogP contribution is 2.12. The SMILES string of the molecule is O=C(O)N1CCC(NCC(O)Cn2ccnc2[N+](=O)[O-])C(O)C1. The molecule has 1 aliphatic heterocycles. The van der Waals surface area contributed by atoms with Crippen molar-refractivity contribution in [2.75, 3.05) is 19.6 Å². The predicted octanol–water partition coefficient (Wildman–Crippen LogP) is -1.14. The van der Waals surface area contributed by atoms with Gasteiger partial charge in [0.2, 0.25) is 0 Å². The maximum atomic E-state index is 10.8. The highest BCUT2D eigenvalue weighted by Gasteiger charge is 2.30. The zero-order valence-corrected chi connectivity index (χ0v) is 12.3. The molecule has 0 radical (unpaired) electrons. The fourth-order valence-corrected chi connectivity index (χ4v) is 2.54. The summed E-state index contributed by atoms with van der Waals surface area (Å²) in [4.78, 5) is 25.7. The van der Waals surface area contributed by atoms with E-state index in [9.17, 15) is 25.1 Å². The van der Waals surface area contributed by atoms with Gasteiger partial charge in [0.25, 0.3) is 0 Å². The van der Waals surface area contributed by atoms with Crippen molar-refractivity contribution < 1.29 is 25.0 Å². The summed E-state index contributed by atoms with van der Waals surface area (Å²) in [6, 6.07) is -0.335. The minimum absolute atomic E-state index is 0.00657. The van der Waals surface area contributed by atoms with Gasteiger partial charge in [-0.15, -0.1) is 0 Å². The van der Waals surface area contributed by atoms with Crippen LogP contribution in [-0.2, 0) is 6.54 Å². The lowest BCUT2D eigenvalue weighted by Crippen LogP contribution is -2.55. The molecule has 4 N–H and O–H groups in total. The molecule has 11 heteroatoms. The summed E-state index contributed by atoms with van der Waals surface area (Å²) >= 11 is 0. The molecule has 3 unspecified atom stereocenters. The number of aliphatic hydroxyl groups is 2. The van der Waals surface area contributed by atoms with E-state index in [-0.39, 0.29) is 31.6 Å². The fourth-order valence-electron chi connectivity index (χ4n) is 2.54. The number of piperidine rings is 1. The van der Waals surface area contributed by atoms with Crippen LogP contribution in [0.1, 0.15) is 6.42 Å². The number of aromatic nitrogens is 2. The van der Waals surface area contributed by atoms with E-state index in [1.54, 1.807) is 0 Å². The van der Waals surface area contributed by atoms with Crippen LogP contribution in [0.25, 0.3) is 0 Å². The number of aliphatic hydroxyl groups excluding tert-OH is 2. The summed E-state index contributed by atoms with van der Waals surface area (Å²) in [5.74, 6) is -0.348. The summed E-state index contributed by atoms with van der Waals surface area (Å²) in [6.45, 7) is 0.417. The van der Waals surface area contributed by atoms with Gasteiger partial charge in [-0.1, -0.05) is 4.98 Å². The van der Waals surface area contributed by atoms with Gasteiger partial charge in [0.15, 0.2) is 0 Å². The molecule has 1 aromatic heterocycles. The zero-order chi connectivity index (χ0) is 17.0. The van der Waals surface area contributed by atoms with E-state index < -0.39 is 23.2 Å². The Hall–Kier alpha value is -2.24. The minimum Gasteiger partial charge on any atom is -0.465 e. The van der Waals surface area contributed by atoms with Crippen LogP contribution < -0.4 is 5.32 Å². The molecule has 23 heavy (non-hydrogen) atoms. The number of likely N-dealkylation sites (tertiary alicyclic amines) is 1. The monoisotopic (exact) mass is 329 g/mol. The maximum absolute atomic E-state index is 10.8. The molecule has 128 valence electrons. The molecular formula is C12H19N5O6. The van der Waals surface area contributed by atoms with E-state index in [0.717, 1.165) is 4.90 Å². The Morgan fingerprint density at radius 3 is 2.96 bits per heavy atom. The lowest BCUT2D eigenvalue weighted by Gasteiger charge is -2.35. The minimum atomic E-state index is -1.07. The Kier molecular flexibility index (Phi) is 5.47. The van der Waals surface area contributed by atoms with Crippen molar-refractivity contribution in [3.63, 3.8) is 0 Å². The lowest BCUT2D eigenvalue weighted by molar-refractivity contribution is -0.397. The Morgan fingerprint density at radius 2 is 2.35 bits per heavy atom. The second-order valence-corrected chi connectivity index (χ2v) is 5.39. The first-order chi connectivity index (χ1) is 10.9. The van der Waals surface area contributed by atoms with Crippen molar-refractivity contribution in [3.8, 4) is 0 Å². The third-order valence-electron chi connectivity index (χ3n) is 3.73. The number of nitrogens with one attached hydrogen (secondary N) is 1. The number of nitro groups is 1. The van der Waals surface area contributed by atoms with Crippen LogP contribution in [0.3, 0.4) is 0 Å². The van der Waals surface area contributed by atoms with Gasteiger partial charge in [0.05, 0.1) is 25.3 Å². The molecule has 1 aromatic rings. The first kappa shape index (κ1) is 17.1. The first-order valence-corrected chi connectivity index (χ1v) is 7.11. The molecule has 0 spiro atoms. The van der Waals surface area contributed by atoms with Crippen LogP contribution in [-0.4, -0.2) is 78.7 Å². The van der Waals surface area contributed by atoms with Crippen LogP contribution in [0, 0.1) is 10.1 Å². The normalized spacial score (nSPS) is 22.8. The molecule has 2 rings (SSSR count). The van der Waals surface area contributed by atoms with E-state index in [0.29, 0.717) is 13.0 Å². The number of carboxylic acid groups (broad SMARTS) is 1. The van der Waals surface area contributed by atoms with E-state index in [4.69, 9.17) is 5.11 Å². The molecule has 0 aliphatic carbocycles. The number of rotatable bonds is 6. The van der Waals surface area contributed by atoms with Crippen molar-refractivity contribution in [1.82, 2.24) is 19.8 Å². The Balaban J connectivity index is 1.80. The predicted molar refractivity (Wildman–Crippen MR) is 76.9 cm³/mol. The fraction of sp³-hybridized carbons (Fsp3) is 0.667. The van der Waals surface area contributed by atoms with Gasteiger partial charge in [0.1, 0.15) is 12.4 Å². The third kappa shape index (κ3) is 4.37. The summed E-state index contributed by atoms with van der Waals surface area (Å²) in [5, 5.41) is 42.5. The first-order valence-electron chi connectivity index (χ1n) is 7.11. The number of nitrogens with zero attached hydrogens (tertiary/aromatic N) is 4. The van der Waals surface area contributed by atoms with Gasteiger partial charge < -0.3 is 35.7 Å². The van der Waals surface area contributed by atoms with Gasteiger partial charge in [-0.2, -0.15) is 0 Å². The van der Waals surface area contributed by atoms with E-state index in [1.807, 2.05) is 0 Å². The van der Waals surface area contributed by atoms with Crippen LogP contribution in [0.5, 0.6) is 0 Å². The number of hydrogen-bond donors (Lipinski definition) is 4. The van der Waals surface area contributed by atoms with Crippen LogP contribution >= 0.6 is 0 Å². The standard InChI is InChI=1S/C12H19N5O6/c18-8(6-15-4-2-13-11(15)17(22)23)5-14-9-1-3-16(12(20)21)7-10(9)19/h2,4,8-10,14,18-19H,1,3,5-7H2,(H,20,21). The quantitative estimate of drug-likeness (QED) is 0.377. The van der Waals surface area contributed by atoms with Crippen LogP contribution in [0.15, 0.2) is 12.4 Å². The van der Waals surface area contributed by atoms with Crippen LogP contribution in [0.4, 0.5) is 10.7 Å². The summed E-state index contributed by atoms with van der Waals surface area (Å²) in [7, 11) is 0. The Morgan fingerprint density at radius 1 is 1.61 bits per heavy atom. The smallest absolute Gasteiger partial charge is 0.434 e. The van der Waals surface area contributed by atoms with Crippen molar-refractivity contribution in [3.05, 3.63) is 22.5 Å². The largest absolute Gasteiger partial charge is 0.465 e. The number of hydrogen-bond acceptors (Lipinski definition) is 7. The molecular weight excluding hydrogens is 310 g/mol. The highest BCUT2D eigenvalue weighted by atomic mass is 16.6. The Labute approximate surface area is 131 Å². The van der Waals surface area contributed by atoms with E-state index in [1.165, 1.54) is 17.0 Å². The topological polar surface area (TPSA) is 154 Å². The van der Waals surface area contributed by atoms with Gasteiger partial charge in [-0.05, 0) is 11.3 Å². The highest BCUT2D eigenvalue weighted by molar-refractivity contribution is 5.65. The number of carbonyl (C=O) groups is 1. The lowest BCUT2D eigenvalue weighted by atomic mass is 10.0. The van der Waals surface area contributed by atoms with Gasteiger partial charge >= 0.3 is 12.0 Å². The zero-order valence-electron chi connectivity index (χ0n) is 12.3. The average Bonchev–Trinajstić information content (AvgIpc) is 2.94. The molecule has 1 aliphatic rings. The van der Waals surface area contributed by atoms with Crippen molar-refractivity contribution in [2.24, 2.45) is 0 Å². The summed E-state index contributed by atoms with van der Waals surface area (Å²) < 4.78 is 1.23. The molecule has 0 bridgehead atoms. The number of amides is 1. The van der Waals surface area contributed by atoms with E-state index >= 15 is 0 Å². The van der Waals surface area contributed by atoms with E-state index in [2.05, 4.69) is 10.3 Å². The van der Waals surface area contributed by atoms with Crippen molar-refractivity contribution in [1.29, 1.82) is 0 Å². The summed E-state index contributed by atoms with van der Waals surface area (Å²) in [5.41, 5.74) is 0. The molecule has 1 fully saturated rings. The molecule has 3 atom stereocenters. The Bertz CT molecular complexity index is 564. The van der Waals surface area contributed by atoms with Crippen molar-refractivity contribution >= 4 is 12.0 Å². The van der Waals surface area contributed by atoms with Gasteiger partial charge in [-0.3, -0.25) is 0 Å². The van der Waals surface area contributed by atoms with Gasteiger partial charge in [-0.25, -0.2) is 9.36 Å². The second kappa shape index (κ2) is 7.35. The molecule has 0 saturated carbocycles. The maximum Gasteiger partial charge on any atom is 0.434 e. The molecule has 1 amide bonds.